The van der Waals surface area contributed by atoms with Gasteiger partial charge in [-0.25, -0.2) is 4.79 Å². The molecule has 0 atom stereocenters. The second-order valence-corrected chi connectivity index (χ2v) is 8.89. The van der Waals surface area contributed by atoms with E-state index in [0.29, 0.717) is 0 Å². The van der Waals surface area contributed by atoms with Gasteiger partial charge in [0.15, 0.2) is 0 Å². The average Bonchev–Trinajstić information content (AvgIpc) is 3.08. The van der Waals surface area contributed by atoms with Gasteiger partial charge in [-0.2, -0.15) is 0 Å². The number of esters is 1. The Kier molecular flexibility index (Phi) is 5.76. The Morgan fingerprint density at radius 2 is 1.83 bits per heavy atom. The maximum atomic E-state index is 12.4. The number of rotatable bonds is 6. The lowest BCUT2D eigenvalue weighted by atomic mass is 9.85. The quantitative estimate of drug-likeness (QED) is 0.561. The van der Waals surface area contributed by atoms with E-state index in [2.05, 4.69) is 19.9 Å². The Bertz CT molecular complexity index is 616. The van der Waals surface area contributed by atoms with Crippen molar-refractivity contribution in [2.24, 2.45) is 5.92 Å². The molecular weight excluding hydrogens is 324 g/mol. The van der Waals surface area contributed by atoms with Gasteiger partial charge in [0, 0.05) is 14.3 Å². The normalized spacial score (nSPS) is 21.7. The largest absolute Gasteiger partial charge is 0.458 e. The van der Waals surface area contributed by atoms with E-state index in [1.165, 1.54) is 46.4 Å². The predicted octanol–water partition coefficient (Wildman–Crippen LogP) is 6.43. The maximum absolute atomic E-state index is 12.4. The summed E-state index contributed by atoms with van der Waals surface area (Å²) in [4.78, 5) is 14.6. The molecule has 2 aromatic rings. The van der Waals surface area contributed by atoms with Crippen LogP contribution in [0.25, 0.3) is 9.40 Å². The molecule has 0 aliphatic heterocycles. The van der Waals surface area contributed by atoms with Crippen LogP contribution >= 0.6 is 22.7 Å². The highest BCUT2D eigenvalue weighted by Gasteiger charge is 2.24. The van der Waals surface area contributed by atoms with Gasteiger partial charge in [0.1, 0.15) is 11.0 Å². The molecule has 0 radical (unpaired) electrons. The van der Waals surface area contributed by atoms with Crippen LogP contribution in [0.3, 0.4) is 0 Å². The second kappa shape index (κ2) is 7.80. The van der Waals surface area contributed by atoms with Gasteiger partial charge in [0.05, 0.1) is 0 Å². The first-order valence-corrected chi connectivity index (χ1v) is 10.6. The van der Waals surface area contributed by atoms with Gasteiger partial charge in [-0.3, -0.25) is 0 Å². The van der Waals surface area contributed by atoms with Crippen molar-refractivity contribution in [2.45, 2.75) is 71.3 Å². The fourth-order valence-electron chi connectivity index (χ4n) is 3.51. The van der Waals surface area contributed by atoms with Crippen LogP contribution in [0.4, 0.5) is 0 Å². The molecule has 0 amide bonds. The van der Waals surface area contributed by atoms with Crippen molar-refractivity contribution in [3.05, 3.63) is 21.9 Å². The fraction of sp³-hybridized carbons (Fsp3) is 0.632. The van der Waals surface area contributed by atoms with E-state index in [0.717, 1.165) is 30.1 Å². The van der Waals surface area contributed by atoms with Crippen molar-refractivity contribution in [3.8, 4) is 0 Å². The van der Waals surface area contributed by atoms with Crippen molar-refractivity contribution in [1.29, 1.82) is 0 Å². The molecule has 23 heavy (non-hydrogen) atoms. The van der Waals surface area contributed by atoms with Gasteiger partial charge >= 0.3 is 5.97 Å². The number of aryl methyl sites for hydroxylation is 1. The van der Waals surface area contributed by atoms with Gasteiger partial charge in [-0.05, 0) is 50.2 Å². The summed E-state index contributed by atoms with van der Waals surface area (Å²) < 4.78 is 8.22. The molecule has 4 heteroatoms. The van der Waals surface area contributed by atoms with E-state index in [-0.39, 0.29) is 12.1 Å². The summed E-state index contributed by atoms with van der Waals surface area (Å²) in [7, 11) is 0. The minimum atomic E-state index is -0.116. The summed E-state index contributed by atoms with van der Waals surface area (Å²) in [6.07, 6.45) is 9.52. The first-order valence-electron chi connectivity index (χ1n) is 8.92. The molecule has 1 fully saturated rings. The molecule has 3 rings (SSSR count). The van der Waals surface area contributed by atoms with Gasteiger partial charge < -0.3 is 4.74 Å². The second-order valence-electron chi connectivity index (χ2n) is 6.64. The van der Waals surface area contributed by atoms with Crippen LogP contribution in [0.5, 0.6) is 0 Å². The molecule has 0 saturated heterocycles. The number of carbonyl (C=O) groups excluding carboxylic acids is 1. The van der Waals surface area contributed by atoms with Crippen LogP contribution in [-0.4, -0.2) is 12.1 Å². The van der Waals surface area contributed by atoms with Crippen LogP contribution < -0.4 is 0 Å². The van der Waals surface area contributed by atoms with Crippen LogP contribution in [0.15, 0.2) is 12.1 Å². The molecular formula is C19H26O2S2. The van der Waals surface area contributed by atoms with Gasteiger partial charge in [0.2, 0.25) is 0 Å². The number of ether oxygens (including phenoxy) is 1. The third-order valence-corrected chi connectivity index (χ3v) is 7.05. The Balaban J connectivity index is 1.57. The van der Waals surface area contributed by atoms with Crippen molar-refractivity contribution in [1.82, 2.24) is 0 Å². The zero-order chi connectivity index (χ0) is 16.2. The number of hydrogen-bond donors (Lipinski definition) is 0. The van der Waals surface area contributed by atoms with Crippen molar-refractivity contribution >= 4 is 38.0 Å². The third-order valence-electron chi connectivity index (χ3n) is 4.72. The molecule has 0 aromatic carbocycles. The Morgan fingerprint density at radius 1 is 1.09 bits per heavy atom. The SMILES string of the molecule is CCCc1cc2sc(C(=O)O[C@H]3CC[C@H](CCC)CC3)cc2s1. The van der Waals surface area contributed by atoms with Crippen molar-refractivity contribution in [2.75, 3.05) is 0 Å². The minimum Gasteiger partial charge on any atom is -0.458 e. The van der Waals surface area contributed by atoms with E-state index in [1.54, 1.807) is 11.3 Å². The third kappa shape index (κ3) is 4.16. The predicted molar refractivity (Wildman–Crippen MR) is 99.8 cm³/mol. The number of fused-ring (bicyclic) bond motifs is 1. The lowest BCUT2D eigenvalue weighted by Gasteiger charge is -2.27. The van der Waals surface area contributed by atoms with Gasteiger partial charge in [-0.15, -0.1) is 22.7 Å². The number of hydrogen-bond acceptors (Lipinski definition) is 4. The highest BCUT2D eigenvalue weighted by atomic mass is 32.1. The lowest BCUT2D eigenvalue weighted by molar-refractivity contribution is 0.0167. The lowest BCUT2D eigenvalue weighted by Crippen LogP contribution is -2.24. The molecule has 2 nitrogen and oxygen atoms in total. The number of carbonyl (C=O) groups is 1. The fourth-order valence-corrected chi connectivity index (χ4v) is 5.92. The van der Waals surface area contributed by atoms with Crippen LogP contribution in [0.2, 0.25) is 0 Å². The highest BCUT2D eigenvalue weighted by molar-refractivity contribution is 7.28. The monoisotopic (exact) mass is 350 g/mol. The molecule has 0 bridgehead atoms. The molecule has 0 N–H and O–H groups in total. The first-order chi connectivity index (χ1) is 11.2. The van der Waals surface area contributed by atoms with Crippen LogP contribution in [-0.2, 0) is 11.2 Å². The van der Waals surface area contributed by atoms with E-state index < -0.39 is 0 Å². The van der Waals surface area contributed by atoms with Crippen molar-refractivity contribution in [3.63, 3.8) is 0 Å². The van der Waals surface area contributed by atoms with E-state index in [9.17, 15) is 4.79 Å². The standard InChI is InChI=1S/C19H26O2S2/c1-3-5-13-7-9-14(10-8-13)21-19(20)18-12-17-16(23-18)11-15(22-17)6-4-2/h11-14H,3-10H2,1-2H3/t13-,14-. The maximum Gasteiger partial charge on any atom is 0.348 e. The van der Waals surface area contributed by atoms with Gasteiger partial charge in [-0.1, -0.05) is 33.1 Å². The van der Waals surface area contributed by atoms with Crippen LogP contribution in [0, 0.1) is 5.92 Å². The summed E-state index contributed by atoms with van der Waals surface area (Å²) >= 11 is 3.40. The molecule has 2 heterocycles. The van der Waals surface area contributed by atoms with E-state index >= 15 is 0 Å². The summed E-state index contributed by atoms with van der Waals surface area (Å²) in [6.45, 7) is 4.45. The molecule has 1 aliphatic carbocycles. The summed E-state index contributed by atoms with van der Waals surface area (Å²) in [6, 6.07) is 4.26. The molecule has 126 valence electrons. The molecule has 2 aromatic heterocycles. The molecule has 0 unspecified atom stereocenters. The average molecular weight is 351 g/mol. The summed E-state index contributed by atoms with van der Waals surface area (Å²) in [5.41, 5.74) is 0. The smallest absolute Gasteiger partial charge is 0.348 e. The Morgan fingerprint density at radius 3 is 2.48 bits per heavy atom. The molecule has 1 saturated carbocycles. The zero-order valence-corrected chi connectivity index (χ0v) is 15.7. The van der Waals surface area contributed by atoms with E-state index in [4.69, 9.17) is 4.74 Å². The summed E-state index contributed by atoms with van der Waals surface area (Å²) in [5.74, 6) is 0.730. The Hall–Kier alpha value is -0.870. The zero-order valence-electron chi connectivity index (χ0n) is 14.1. The van der Waals surface area contributed by atoms with Gasteiger partial charge in [0.25, 0.3) is 0 Å². The van der Waals surface area contributed by atoms with Crippen molar-refractivity contribution < 1.29 is 9.53 Å². The molecule has 0 spiro atoms. The number of thiophene rings is 2. The van der Waals surface area contributed by atoms with E-state index in [1.807, 2.05) is 17.4 Å². The molecule has 1 aliphatic rings. The Labute approximate surface area is 146 Å². The minimum absolute atomic E-state index is 0.116. The first kappa shape index (κ1) is 17.0. The summed E-state index contributed by atoms with van der Waals surface area (Å²) in [5, 5.41) is 0. The van der Waals surface area contributed by atoms with Crippen LogP contribution in [0.1, 0.15) is 73.3 Å². The topological polar surface area (TPSA) is 26.3 Å². The highest BCUT2D eigenvalue weighted by Crippen LogP contribution is 2.35.